The van der Waals surface area contributed by atoms with E-state index in [1.807, 2.05) is 0 Å². The molecule has 1 aliphatic rings. The minimum atomic E-state index is -0.304. The van der Waals surface area contributed by atoms with Crippen molar-refractivity contribution in [1.82, 2.24) is 10.2 Å². The number of hydrogen-bond acceptors (Lipinski definition) is 3. The van der Waals surface area contributed by atoms with Crippen molar-refractivity contribution in [2.45, 2.75) is 19.4 Å². The summed E-state index contributed by atoms with van der Waals surface area (Å²) in [5.74, 6) is 0.274. The third-order valence-electron chi connectivity index (χ3n) is 4.33. The maximum Gasteiger partial charge on any atom is 0.251 e. The first-order valence-corrected chi connectivity index (χ1v) is 8.68. The van der Waals surface area contributed by atoms with E-state index in [-0.39, 0.29) is 11.7 Å². The Balaban J connectivity index is 1.45. The van der Waals surface area contributed by atoms with Crippen LogP contribution < -0.4 is 10.1 Å². The van der Waals surface area contributed by atoms with Crippen LogP contribution in [0.25, 0.3) is 0 Å². The Morgan fingerprint density at radius 2 is 1.88 bits per heavy atom. The van der Waals surface area contributed by atoms with Crippen LogP contribution in [0.3, 0.4) is 0 Å². The Morgan fingerprint density at radius 3 is 2.60 bits per heavy atom. The highest BCUT2D eigenvalue weighted by atomic mass is 19.1. The van der Waals surface area contributed by atoms with Gasteiger partial charge in [0.05, 0.1) is 0 Å². The molecule has 1 amide bonds. The molecule has 0 bridgehead atoms. The van der Waals surface area contributed by atoms with Crippen LogP contribution in [0.1, 0.15) is 28.8 Å². The molecule has 0 atom stereocenters. The van der Waals surface area contributed by atoms with Gasteiger partial charge in [-0.3, -0.25) is 9.69 Å². The summed E-state index contributed by atoms with van der Waals surface area (Å²) in [7, 11) is 0. The highest BCUT2D eigenvalue weighted by Gasteiger charge is 2.11. The fourth-order valence-corrected chi connectivity index (χ4v) is 2.93. The first-order chi connectivity index (χ1) is 12.2. The lowest BCUT2D eigenvalue weighted by atomic mass is 10.2. The summed E-state index contributed by atoms with van der Waals surface area (Å²) in [4.78, 5) is 14.5. The normalized spacial score (nSPS) is 14.4. The average molecular weight is 342 g/mol. The van der Waals surface area contributed by atoms with Crippen molar-refractivity contribution in [3.05, 3.63) is 65.5 Å². The molecular weight excluding hydrogens is 319 g/mol. The summed E-state index contributed by atoms with van der Waals surface area (Å²) in [5, 5.41) is 2.79. The van der Waals surface area contributed by atoms with Crippen LogP contribution in [0.15, 0.2) is 48.5 Å². The lowest BCUT2D eigenvalue weighted by Crippen LogP contribution is -2.25. The van der Waals surface area contributed by atoms with Crippen LogP contribution in [0, 0.1) is 5.82 Å². The van der Waals surface area contributed by atoms with Gasteiger partial charge in [-0.05, 0) is 67.9 Å². The first kappa shape index (κ1) is 17.4. The predicted octanol–water partition coefficient (Wildman–Crippen LogP) is 3.23. The molecule has 0 radical (unpaired) electrons. The van der Waals surface area contributed by atoms with E-state index in [0.29, 0.717) is 18.7 Å². The SMILES string of the molecule is O=C(NCc1cccc(F)c1)c1ccc(OCCN2CCCC2)cc1. The van der Waals surface area contributed by atoms with Crippen LogP contribution in [0.2, 0.25) is 0 Å². The van der Waals surface area contributed by atoms with Gasteiger partial charge in [-0.25, -0.2) is 4.39 Å². The molecule has 1 saturated heterocycles. The van der Waals surface area contributed by atoms with Crippen LogP contribution in [-0.4, -0.2) is 37.0 Å². The number of halogens is 1. The van der Waals surface area contributed by atoms with E-state index in [4.69, 9.17) is 4.74 Å². The molecule has 132 valence electrons. The van der Waals surface area contributed by atoms with Crippen LogP contribution >= 0.6 is 0 Å². The maximum absolute atomic E-state index is 13.1. The molecular formula is C20H23FN2O2. The monoisotopic (exact) mass is 342 g/mol. The lowest BCUT2D eigenvalue weighted by Gasteiger charge is -2.15. The molecule has 2 aromatic carbocycles. The van der Waals surface area contributed by atoms with E-state index in [1.165, 1.54) is 25.0 Å². The number of amides is 1. The number of nitrogens with one attached hydrogen (secondary N) is 1. The van der Waals surface area contributed by atoms with Crippen LogP contribution in [-0.2, 0) is 6.54 Å². The van der Waals surface area contributed by atoms with Crippen molar-refractivity contribution in [1.29, 1.82) is 0 Å². The second-order valence-electron chi connectivity index (χ2n) is 6.23. The van der Waals surface area contributed by atoms with Gasteiger partial charge in [0.2, 0.25) is 0 Å². The van der Waals surface area contributed by atoms with Crippen molar-refractivity contribution in [3.63, 3.8) is 0 Å². The highest BCUT2D eigenvalue weighted by molar-refractivity contribution is 5.94. The summed E-state index contributed by atoms with van der Waals surface area (Å²) in [6.07, 6.45) is 2.55. The number of carbonyl (C=O) groups excluding carboxylic acids is 1. The molecule has 0 saturated carbocycles. The van der Waals surface area contributed by atoms with Gasteiger partial charge in [-0.1, -0.05) is 12.1 Å². The second kappa shape index (κ2) is 8.62. The van der Waals surface area contributed by atoms with Crippen molar-refractivity contribution < 1.29 is 13.9 Å². The quantitative estimate of drug-likeness (QED) is 0.840. The summed E-state index contributed by atoms with van der Waals surface area (Å²) in [5.41, 5.74) is 1.29. The molecule has 1 fully saturated rings. The van der Waals surface area contributed by atoms with Gasteiger partial charge in [-0.2, -0.15) is 0 Å². The van der Waals surface area contributed by atoms with Crippen molar-refractivity contribution >= 4 is 5.91 Å². The fraction of sp³-hybridized carbons (Fsp3) is 0.350. The Labute approximate surface area is 147 Å². The van der Waals surface area contributed by atoms with E-state index in [1.54, 1.807) is 36.4 Å². The molecule has 1 N–H and O–H groups in total. The van der Waals surface area contributed by atoms with Crippen molar-refractivity contribution in [2.75, 3.05) is 26.2 Å². The van der Waals surface area contributed by atoms with Gasteiger partial charge < -0.3 is 10.1 Å². The molecule has 0 spiro atoms. The van der Waals surface area contributed by atoms with E-state index < -0.39 is 0 Å². The number of benzene rings is 2. The van der Waals surface area contributed by atoms with E-state index in [9.17, 15) is 9.18 Å². The fourth-order valence-electron chi connectivity index (χ4n) is 2.93. The number of ether oxygens (including phenoxy) is 1. The first-order valence-electron chi connectivity index (χ1n) is 8.68. The minimum Gasteiger partial charge on any atom is -0.492 e. The van der Waals surface area contributed by atoms with Crippen molar-refractivity contribution in [3.8, 4) is 5.75 Å². The summed E-state index contributed by atoms with van der Waals surface area (Å²) in [6.45, 7) is 4.22. The van der Waals surface area contributed by atoms with Gasteiger partial charge in [0.1, 0.15) is 18.2 Å². The average Bonchev–Trinajstić information content (AvgIpc) is 3.14. The van der Waals surface area contributed by atoms with Crippen LogP contribution in [0.5, 0.6) is 5.75 Å². The molecule has 4 nitrogen and oxygen atoms in total. The topological polar surface area (TPSA) is 41.6 Å². The summed E-state index contributed by atoms with van der Waals surface area (Å²) >= 11 is 0. The van der Waals surface area contributed by atoms with Crippen molar-refractivity contribution in [2.24, 2.45) is 0 Å². The molecule has 1 aliphatic heterocycles. The van der Waals surface area contributed by atoms with Crippen LogP contribution in [0.4, 0.5) is 4.39 Å². The minimum absolute atomic E-state index is 0.187. The largest absolute Gasteiger partial charge is 0.492 e. The number of hydrogen-bond donors (Lipinski definition) is 1. The second-order valence-corrected chi connectivity index (χ2v) is 6.23. The van der Waals surface area contributed by atoms with E-state index >= 15 is 0 Å². The Kier molecular flexibility index (Phi) is 6.01. The highest BCUT2D eigenvalue weighted by Crippen LogP contribution is 2.13. The zero-order valence-corrected chi connectivity index (χ0v) is 14.2. The van der Waals surface area contributed by atoms with Gasteiger partial charge in [-0.15, -0.1) is 0 Å². The molecule has 3 rings (SSSR count). The zero-order chi connectivity index (χ0) is 17.5. The molecule has 5 heteroatoms. The summed E-state index contributed by atoms with van der Waals surface area (Å²) < 4.78 is 18.9. The molecule has 1 heterocycles. The Hall–Kier alpha value is -2.40. The van der Waals surface area contributed by atoms with Gasteiger partial charge in [0.15, 0.2) is 0 Å². The smallest absolute Gasteiger partial charge is 0.251 e. The Morgan fingerprint density at radius 1 is 1.12 bits per heavy atom. The maximum atomic E-state index is 13.1. The molecule has 0 aliphatic carbocycles. The van der Waals surface area contributed by atoms with Gasteiger partial charge in [0, 0.05) is 18.7 Å². The van der Waals surface area contributed by atoms with E-state index in [0.717, 1.165) is 30.9 Å². The number of nitrogens with zero attached hydrogens (tertiary/aromatic N) is 1. The molecule has 0 aromatic heterocycles. The van der Waals surface area contributed by atoms with Gasteiger partial charge in [0.25, 0.3) is 5.91 Å². The van der Waals surface area contributed by atoms with E-state index in [2.05, 4.69) is 10.2 Å². The Bertz CT molecular complexity index is 697. The third kappa shape index (κ3) is 5.29. The van der Waals surface area contributed by atoms with Gasteiger partial charge >= 0.3 is 0 Å². The summed E-state index contributed by atoms with van der Waals surface area (Å²) in [6, 6.07) is 13.3. The lowest BCUT2D eigenvalue weighted by molar-refractivity contribution is 0.0951. The number of carbonyl (C=O) groups is 1. The molecule has 25 heavy (non-hydrogen) atoms. The molecule has 2 aromatic rings. The number of likely N-dealkylation sites (tertiary alicyclic amines) is 1. The number of rotatable bonds is 7. The predicted molar refractivity (Wildman–Crippen MR) is 95.2 cm³/mol. The standard InChI is InChI=1S/C20H23FN2O2/c21-18-5-3-4-16(14-18)15-22-20(24)17-6-8-19(9-7-17)25-13-12-23-10-1-2-11-23/h3-9,14H,1-2,10-13,15H2,(H,22,24). The third-order valence-corrected chi connectivity index (χ3v) is 4.33. The molecule has 0 unspecified atom stereocenters. The zero-order valence-electron chi connectivity index (χ0n) is 14.2.